The monoisotopic (exact) mass is 436 g/mol. The van der Waals surface area contributed by atoms with Crippen LogP contribution in [-0.4, -0.2) is 39.7 Å². The van der Waals surface area contributed by atoms with E-state index in [-0.39, 0.29) is 31.9 Å². The number of carbonyl (C=O) groups is 2. The Hall–Kier alpha value is -2.94. The van der Waals surface area contributed by atoms with Crippen molar-refractivity contribution >= 4 is 33.3 Å². The van der Waals surface area contributed by atoms with E-state index < -0.39 is 21.8 Å². The van der Waals surface area contributed by atoms with Crippen LogP contribution in [0.4, 0.5) is 15.8 Å². The first-order valence-electron chi connectivity index (χ1n) is 9.43. The van der Waals surface area contributed by atoms with Crippen molar-refractivity contribution < 1.29 is 27.1 Å². The molecule has 2 aromatic rings. The lowest BCUT2D eigenvalue weighted by molar-refractivity contribution is -0.116. The SMILES string of the molecule is CCOC(=O)c1cccc(NC(=O)CCCN(c2ccc(F)cc2)S(C)(=O)=O)c1C. The van der Waals surface area contributed by atoms with Gasteiger partial charge in [-0.2, -0.15) is 0 Å². The van der Waals surface area contributed by atoms with E-state index in [4.69, 9.17) is 4.74 Å². The lowest BCUT2D eigenvalue weighted by Gasteiger charge is -2.22. The van der Waals surface area contributed by atoms with Gasteiger partial charge in [0.25, 0.3) is 0 Å². The third kappa shape index (κ3) is 6.28. The van der Waals surface area contributed by atoms with Crippen molar-refractivity contribution in [3.05, 3.63) is 59.4 Å². The van der Waals surface area contributed by atoms with Gasteiger partial charge in [0.15, 0.2) is 0 Å². The zero-order chi connectivity index (χ0) is 22.3. The van der Waals surface area contributed by atoms with E-state index in [2.05, 4.69) is 5.32 Å². The van der Waals surface area contributed by atoms with Gasteiger partial charge in [-0.1, -0.05) is 6.07 Å². The van der Waals surface area contributed by atoms with Gasteiger partial charge in [0.1, 0.15) is 5.82 Å². The topological polar surface area (TPSA) is 92.8 Å². The minimum absolute atomic E-state index is 0.0658. The molecule has 0 aromatic heterocycles. The number of hydrogen-bond acceptors (Lipinski definition) is 5. The average Bonchev–Trinajstić information content (AvgIpc) is 2.67. The molecule has 0 atom stereocenters. The molecule has 9 heteroatoms. The summed E-state index contributed by atoms with van der Waals surface area (Å²) in [6.45, 7) is 3.74. The molecule has 0 radical (unpaired) electrons. The molecule has 162 valence electrons. The second-order valence-corrected chi connectivity index (χ2v) is 8.57. The summed E-state index contributed by atoms with van der Waals surface area (Å²) in [6.07, 6.45) is 1.38. The van der Waals surface area contributed by atoms with E-state index in [9.17, 15) is 22.4 Å². The van der Waals surface area contributed by atoms with E-state index >= 15 is 0 Å². The van der Waals surface area contributed by atoms with Crippen molar-refractivity contribution in [2.24, 2.45) is 0 Å². The standard InChI is InChI=1S/C21H25FN2O5S/c1-4-29-21(26)18-7-5-8-19(15(18)2)23-20(25)9-6-14-24(30(3,27)28)17-12-10-16(22)11-13-17/h5,7-8,10-13H,4,6,9,14H2,1-3H3,(H,23,25). The van der Waals surface area contributed by atoms with Crippen molar-refractivity contribution in [2.75, 3.05) is 29.0 Å². The average molecular weight is 437 g/mol. The van der Waals surface area contributed by atoms with Gasteiger partial charge in [0, 0.05) is 18.7 Å². The smallest absolute Gasteiger partial charge is 0.338 e. The lowest BCUT2D eigenvalue weighted by Crippen LogP contribution is -2.31. The molecule has 0 aliphatic carbocycles. The van der Waals surface area contributed by atoms with Gasteiger partial charge in [0.05, 0.1) is 24.1 Å². The second kappa shape index (κ2) is 10.2. The Morgan fingerprint density at radius 2 is 1.80 bits per heavy atom. The number of anilines is 2. The summed E-state index contributed by atoms with van der Waals surface area (Å²) >= 11 is 0. The highest BCUT2D eigenvalue weighted by Crippen LogP contribution is 2.21. The van der Waals surface area contributed by atoms with E-state index in [1.807, 2.05) is 0 Å². The molecular weight excluding hydrogens is 411 g/mol. The first-order valence-corrected chi connectivity index (χ1v) is 11.3. The fourth-order valence-corrected chi connectivity index (χ4v) is 3.86. The summed E-state index contributed by atoms with van der Waals surface area (Å²) in [5, 5.41) is 2.74. The molecular formula is C21H25FN2O5S. The summed E-state index contributed by atoms with van der Waals surface area (Å²) < 4.78 is 43.4. The number of esters is 1. The molecule has 0 saturated carbocycles. The predicted octanol–water partition coefficient (Wildman–Crippen LogP) is 3.50. The molecule has 2 rings (SSSR count). The van der Waals surface area contributed by atoms with E-state index in [1.54, 1.807) is 32.0 Å². The summed E-state index contributed by atoms with van der Waals surface area (Å²) in [5.41, 5.74) is 1.78. The Bertz CT molecular complexity index is 1010. The molecule has 0 aliphatic heterocycles. The van der Waals surface area contributed by atoms with E-state index in [1.165, 1.54) is 24.3 Å². The Balaban J connectivity index is 2.01. The van der Waals surface area contributed by atoms with Gasteiger partial charge in [-0.15, -0.1) is 0 Å². The Kier molecular flexibility index (Phi) is 7.93. The number of nitrogens with zero attached hydrogens (tertiary/aromatic N) is 1. The number of benzene rings is 2. The van der Waals surface area contributed by atoms with Gasteiger partial charge in [-0.3, -0.25) is 9.10 Å². The van der Waals surface area contributed by atoms with Crippen molar-refractivity contribution in [1.29, 1.82) is 0 Å². The summed E-state index contributed by atoms with van der Waals surface area (Å²) in [4.78, 5) is 24.3. The zero-order valence-electron chi connectivity index (χ0n) is 17.1. The molecule has 1 N–H and O–H groups in total. The minimum Gasteiger partial charge on any atom is -0.462 e. The second-order valence-electron chi connectivity index (χ2n) is 6.66. The minimum atomic E-state index is -3.59. The van der Waals surface area contributed by atoms with Gasteiger partial charge >= 0.3 is 5.97 Å². The largest absolute Gasteiger partial charge is 0.462 e. The molecule has 1 amide bonds. The number of sulfonamides is 1. The van der Waals surface area contributed by atoms with E-state index in [0.717, 1.165) is 10.6 Å². The maximum atomic E-state index is 13.1. The summed E-state index contributed by atoms with van der Waals surface area (Å²) in [7, 11) is -3.59. The highest BCUT2D eigenvalue weighted by atomic mass is 32.2. The lowest BCUT2D eigenvalue weighted by atomic mass is 10.1. The quantitative estimate of drug-likeness (QED) is 0.608. The normalized spacial score (nSPS) is 11.1. The summed E-state index contributed by atoms with van der Waals surface area (Å²) in [5.74, 6) is -1.24. The number of amides is 1. The Labute approximate surface area is 175 Å². The van der Waals surface area contributed by atoms with Crippen molar-refractivity contribution in [3.63, 3.8) is 0 Å². The van der Waals surface area contributed by atoms with Gasteiger partial charge < -0.3 is 10.1 Å². The van der Waals surface area contributed by atoms with Crippen molar-refractivity contribution in [1.82, 2.24) is 0 Å². The molecule has 0 aliphatic rings. The van der Waals surface area contributed by atoms with Crippen LogP contribution >= 0.6 is 0 Å². The molecule has 0 fully saturated rings. The molecule has 0 spiro atoms. The van der Waals surface area contributed by atoms with Crippen molar-refractivity contribution in [3.8, 4) is 0 Å². The number of carbonyl (C=O) groups excluding carboxylic acids is 2. The van der Waals surface area contributed by atoms with Crippen LogP contribution in [0.25, 0.3) is 0 Å². The highest BCUT2D eigenvalue weighted by Gasteiger charge is 2.18. The number of nitrogens with one attached hydrogen (secondary N) is 1. The van der Waals surface area contributed by atoms with E-state index in [0.29, 0.717) is 22.5 Å². The van der Waals surface area contributed by atoms with Crippen molar-refractivity contribution in [2.45, 2.75) is 26.7 Å². The van der Waals surface area contributed by atoms with Crippen LogP contribution in [0, 0.1) is 12.7 Å². The molecule has 7 nitrogen and oxygen atoms in total. The fraction of sp³-hybridized carbons (Fsp3) is 0.333. The van der Waals surface area contributed by atoms with Crippen LogP contribution in [0.2, 0.25) is 0 Å². The molecule has 0 unspecified atom stereocenters. The van der Waals surface area contributed by atoms with Gasteiger partial charge in [-0.05, 0) is 62.2 Å². The highest BCUT2D eigenvalue weighted by molar-refractivity contribution is 7.92. The number of ether oxygens (including phenoxy) is 1. The van der Waals surface area contributed by atoms with Crippen LogP contribution in [0.5, 0.6) is 0 Å². The van der Waals surface area contributed by atoms with Crippen LogP contribution in [0.1, 0.15) is 35.7 Å². The fourth-order valence-electron chi connectivity index (χ4n) is 2.89. The third-order valence-corrected chi connectivity index (χ3v) is 5.58. The van der Waals surface area contributed by atoms with Crippen LogP contribution in [0.15, 0.2) is 42.5 Å². The van der Waals surface area contributed by atoms with Gasteiger partial charge in [-0.25, -0.2) is 17.6 Å². The van der Waals surface area contributed by atoms with Crippen LogP contribution in [-0.2, 0) is 19.6 Å². The number of hydrogen-bond donors (Lipinski definition) is 1. The van der Waals surface area contributed by atoms with Crippen LogP contribution < -0.4 is 9.62 Å². The Morgan fingerprint density at radius 3 is 2.40 bits per heavy atom. The zero-order valence-corrected chi connectivity index (χ0v) is 18.0. The van der Waals surface area contributed by atoms with Crippen LogP contribution in [0.3, 0.4) is 0 Å². The first-order chi connectivity index (χ1) is 14.1. The molecule has 0 bridgehead atoms. The predicted molar refractivity (Wildman–Crippen MR) is 114 cm³/mol. The molecule has 0 heterocycles. The summed E-state index contributed by atoms with van der Waals surface area (Å²) in [6, 6.07) is 10.1. The maximum Gasteiger partial charge on any atom is 0.338 e. The first kappa shape index (κ1) is 23.3. The van der Waals surface area contributed by atoms with Gasteiger partial charge in [0.2, 0.25) is 15.9 Å². The molecule has 30 heavy (non-hydrogen) atoms. The Morgan fingerprint density at radius 1 is 1.13 bits per heavy atom. The maximum absolute atomic E-state index is 13.1. The molecule has 2 aromatic carbocycles. The third-order valence-electron chi connectivity index (χ3n) is 4.38. The number of halogens is 1. The number of rotatable bonds is 9. The molecule has 0 saturated heterocycles.